The third-order valence-electron chi connectivity index (χ3n) is 5.06. The van der Waals surface area contributed by atoms with Crippen LogP contribution in [0.1, 0.15) is 35.9 Å². The Labute approximate surface area is 161 Å². The number of likely N-dealkylation sites (tertiary alicyclic amines) is 1. The Kier molecular flexibility index (Phi) is 5.34. The number of halogens is 2. The van der Waals surface area contributed by atoms with Crippen LogP contribution in [-0.4, -0.2) is 28.2 Å². The van der Waals surface area contributed by atoms with Crippen LogP contribution < -0.4 is 4.74 Å². The second kappa shape index (κ2) is 8.06. The summed E-state index contributed by atoms with van der Waals surface area (Å²) < 4.78 is 35.2. The third-order valence-corrected chi connectivity index (χ3v) is 5.06. The average Bonchev–Trinajstić information content (AvgIpc) is 3.32. The smallest absolute Gasteiger partial charge is 0.387 e. The van der Waals surface area contributed by atoms with Gasteiger partial charge in [0.15, 0.2) is 0 Å². The van der Waals surface area contributed by atoms with Crippen molar-refractivity contribution in [1.29, 1.82) is 0 Å². The third kappa shape index (κ3) is 3.89. The molecule has 0 saturated carbocycles. The van der Waals surface area contributed by atoms with Crippen molar-refractivity contribution in [2.24, 2.45) is 0 Å². The predicted octanol–water partition coefficient (Wildman–Crippen LogP) is 4.98. The molecule has 1 aromatic heterocycles. The Bertz CT molecular complexity index is 945. The second-order valence-electron chi connectivity index (χ2n) is 6.87. The van der Waals surface area contributed by atoms with Crippen molar-refractivity contribution in [2.45, 2.75) is 39.0 Å². The minimum atomic E-state index is -2.91. The van der Waals surface area contributed by atoms with E-state index in [2.05, 4.69) is 44.9 Å². The van der Waals surface area contributed by atoms with Gasteiger partial charge in [0.05, 0.1) is 12.1 Å². The number of ether oxygens (including phenoxy) is 1. The molecule has 3 aromatic rings. The molecule has 1 unspecified atom stereocenters. The maximum Gasteiger partial charge on any atom is 0.387 e. The Morgan fingerprint density at radius 3 is 2.79 bits per heavy atom. The van der Waals surface area contributed by atoms with Crippen molar-refractivity contribution < 1.29 is 18.0 Å². The normalized spacial score (nSPS) is 17.4. The molecule has 0 amide bonds. The number of alkyl halides is 2. The Balaban J connectivity index is 1.53. The van der Waals surface area contributed by atoms with E-state index < -0.39 is 6.61 Å². The van der Waals surface area contributed by atoms with Gasteiger partial charge in [-0.05, 0) is 49.6 Å². The number of benzene rings is 2. The second-order valence-corrected chi connectivity index (χ2v) is 6.87. The number of para-hydroxylation sites is 1. The van der Waals surface area contributed by atoms with Gasteiger partial charge in [-0.25, -0.2) is 0 Å². The summed E-state index contributed by atoms with van der Waals surface area (Å²) in [5, 5.41) is 3.97. The summed E-state index contributed by atoms with van der Waals surface area (Å²) in [6, 6.07) is 15.1. The first-order valence-electron chi connectivity index (χ1n) is 9.28. The highest BCUT2D eigenvalue weighted by Gasteiger charge is 2.28. The van der Waals surface area contributed by atoms with Crippen LogP contribution in [0.15, 0.2) is 53.1 Å². The molecule has 0 N–H and O–H groups in total. The van der Waals surface area contributed by atoms with Gasteiger partial charge in [-0.1, -0.05) is 41.6 Å². The average molecular weight is 385 g/mol. The van der Waals surface area contributed by atoms with E-state index >= 15 is 0 Å². The van der Waals surface area contributed by atoms with Crippen molar-refractivity contribution in [2.75, 3.05) is 6.54 Å². The lowest BCUT2D eigenvalue weighted by atomic mass is 9.99. The molecular formula is C21H21F2N3O2. The zero-order valence-corrected chi connectivity index (χ0v) is 15.5. The predicted molar refractivity (Wildman–Crippen MR) is 99.9 cm³/mol. The van der Waals surface area contributed by atoms with Crippen LogP contribution >= 0.6 is 0 Å². The number of hydrogen-bond acceptors (Lipinski definition) is 5. The molecule has 28 heavy (non-hydrogen) atoms. The zero-order valence-electron chi connectivity index (χ0n) is 15.5. The van der Waals surface area contributed by atoms with Crippen LogP contribution in [0, 0.1) is 6.92 Å². The van der Waals surface area contributed by atoms with Gasteiger partial charge in [0.2, 0.25) is 11.7 Å². The molecule has 0 aliphatic carbocycles. The molecule has 1 fully saturated rings. The molecule has 4 rings (SSSR count). The van der Waals surface area contributed by atoms with E-state index in [1.165, 1.54) is 17.2 Å². The van der Waals surface area contributed by atoms with Crippen molar-refractivity contribution in [1.82, 2.24) is 15.0 Å². The van der Waals surface area contributed by atoms with Crippen LogP contribution in [0.2, 0.25) is 0 Å². The fourth-order valence-corrected chi connectivity index (χ4v) is 3.78. The Morgan fingerprint density at radius 1 is 1.18 bits per heavy atom. The van der Waals surface area contributed by atoms with Gasteiger partial charge in [-0.2, -0.15) is 13.8 Å². The topological polar surface area (TPSA) is 51.4 Å². The summed E-state index contributed by atoms with van der Waals surface area (Å²) >= 11 is 0. The molecule has 0 radical (unpaired) electrons. The summed E-state index contributed by atoms with van der Waals surface area (Å²) in [5.41, 5.74) is 2.97. The summed E-state index contributed by atoms with van der Waals surface area (Å²) in [7, 11) is 0. The van der Waals surface area contributed by atoms with Crippen LogP contribution in [0.5, 0.6) is 5.75 Å². The minimum Gasteiger partial charge on any atom is -0.434 e. The van der Waals surface area contributed by atoms with Crippen molar-refractivity contribution in [3.63, 3.8) is 0 Å². The number of aromatic nitrogens is 2. The fourth-order valence-electron chi connectivity index (χ4n) is 3.78. The first kappa shape index (κ1) is 18.6. The Morgan fingerprint density at radius 2 is 1.96 bits per heavy atom. The number of aryl methyl sites for hydroxylation is 1. The fraction of sp³-hybridized carbons (Fsp3) is 0.333. The standard InChI is InChI=1S/C21H21F2N3O2/c1-14-7-2-3-8-15(14)17-10-6-12-26(17)13-19-24-20(25-28-19)16-9-4-5-11-18(16)27-21(22)23/h2-5,7-9,11,17,21H,6,10,12-13H2,1H3. The molecule has 2 aromatic carbocycles. The number of hydrogen-bond donors (Lipinski definition) is 0. The molecule has 146 valence electrons. The maximum absolute atomic E-state index is 12.6. The number of rotatable bonds is 6. The van der Waals surface area contributed by atoms with Crippen molar-refractivity contribution in [3.05, 3.63) is 65.5 Å². The van der Waals surface area contributed by atoms with Gasteiger partial charge in [0.1, 0.15) is 5.75 Å². The van der Waals surface area contributed by atoms with E-state index in [9.17, 15) is 8.78 Å². The highest BCUT2D eigenvalue weighted by atomic mass is 19.3. The van der Waals surface area contributed by atoms with Crippen LogP contribution in [-0.2, 0) is 6.54 Å². The van der Waals surface area contributed by atoms with Gasteiger partial charge < -0.3 is 9.26 Å². The summed E-state index contributed by atoms with van der Waals surface area (Å²) in [4.78, 5) is 6.74. The molecule has 1 aliphatic heterocycles. The summed E-state index contributed by atoms with van der Waals surface area (Å²) in [6.07, 6.45) is 2.18. The first-order chi connectivity index (χ1) is 13.6. The monoisotopic (exact) mass is 385 g/mol. The van der Waals surface area contributed by atoms with E-state index in [0.29, 0.717) is 24.0 Å². The van der Waals surface area contributed by atoms with Crippen molar-refractivity contribution >= 4 is 0 Å². The highest BCUT2D eigenvalue weighted by Crippen LogP contribution is 2.35. The van der Waals surface area contributed by atoms with Gasteiger partial charge >= 0.3 is 6.61 Å². The lowest BCUT2D eigenvalue weighted by Gasteiger charge is -2.24. The lowest BCUT2D eigenvalue weighted by molar-refractivity contribution is -0.0494. The summed E-state index contributed by atoms with van der Waals surface area (Å²) in [5.74, 6) is 0.740. The van der Waals surface area contributed by atoms with E-state index in [4.69, 9.17) is 4.52 Å². The zero-order chi connectivity index (χ0) is 19.5. The molecule has 0 bridgehead atoms. The van der Waals surface area contributed by atoms with Gasteiger partial charge in [0.25, 0.3) is 0 Å². The van der Waals surface area contributed by atoms with Gasteiger partial charge in [-0.3, -0.25) is 4.90 Å². The van der Waals surface area contributed by atoms with E-state index in [1.807, 2.05) is 6.07 Å². The molecule has 1 saturated heterocycles. The highest BCUT2D eigenvalue weighted by molar-refractivity contribution is 5.63. The molecule has 7 heteroatoms. The lowest BCUT2D eigenvalue weighted by Crippen LogP contribution is -2.23. The minimum absolute atomic E-state index is 0.0313. The van der Waals surface area contributed by atoms with Crippen LogP contribution in [0.4, 0.5) is 8.78 Å². The summed E-state index contributed by atoms with van der Waals surface area (Å²) in [6.45, 7) is 0.675. The number of nitrogens with zero attached hydrogens (tertiary/aromatic N) is 3. The quantitative estimate of drug-likeness (QED) is 0.599. The molecule has 2 heterocycles. The van der Waals surface area contributed by atoms with E-state index in [1.54, 1.807) is 18.2 Å². The molecule has 0 spiro atoms. The van der Waals surface area contributed by atoms with E-state index in [0.717, 1.165) is 19.4 Å². The maximum atomic E-state index is 12.6. The van der Waals surface area contributed by atoms with Crippen molar-refractivity contribution in [3.8, 4) is 17.1 Å². The first-order valence-corrected chi connectivity index (χ1v) is 9.28. The van der Waals surface area contributed by atoms with Crippen LogP contribution in [0.3, 0.4) is 0 Å². The SMILES string of the molecule is Cc1ccccc1C1CCCN1Cc1nc(-c2ccccc2OC(F)F)no1. The molecule has 1 atom stereocenters. The Hall–Kier alpha value is -2.80. The molecule has 1 aliphatic rings. The van der Waals surface area contributed by atoms with E-state index in [-0.39, 0.29) is 11.6 Å². The molecule has 5 nitrogen and oxygen atoms in total. The van der Waals surface area contributed by atoms with Gasteiger partial charge in [-0.15, -0.1) is 0 Å². The van der Waals surface area contributed by atoms with Crippen LogP contribution in [0.25, 0.3) is 11.4 Å². The van der Waals surface area contributed by atoms with Gasteiger partial charge in [0, 0.05) is 6.04 Å². The largest absolute Gasteiger partial charge is 0.434 e. The molecular weight excluding hydrogens is 364 g/mol.